The number of likely N-dealkylation sites (tertiary alicyclic amines) is 1. The molecule has 1 aliphatic rings. The van der Waals surface area contributed by atoms with Gasteiger partial charge in [-0.25, -0.2) is 9.48 Å². The summed E-state index contributed by atoms with van der Waals surface area (Å²) in [4.78, 5) is 14.6. The van der Waals surface area contributed by atoms with Crippen LogP contribution in [0.2, 0.25) is 0 Å². The molecule has 1 saturated heterocycles. The number of nitrogens with one attached hydrogen (secondary N) is 1. The Morgan fingerprint density at radius 2 is 1.92 bits per heavy atom. The van der Waals surface area contributed by atoms with Gasteiger partial charge in [0.1, 0.15) is 5.82 Å². The summed E-state index contributed by atoms with van der Waals surface area (Å²) in [6.07, 6.45) is 1.07. The number of aromatic nitrogens is 2. The molecule has 2 heterocycles. The Labute approximate surface area is 150 Å². The van der Waals surface area contributed by atoms with Crippen molar-refractivity contribution in [2.45, 2.75) is 46.5 Å². The number of hydrogen-bond donors (Lipinski definition) is 1. The molecule has 1 atom stereocenters. The minimum absolute atomic E-state index is 0.0370. The first-order chi connectivity index (χ1) is 11.8. The topological polar surface area (TPSA) is 50.2 Å². The molecule has 2 aromatic rings. The van der Waals surface area contributed by atoms with Gasteiger partial charge in [0.05, 0.1) is 11.4 Å². The van der Waals surface area contributed by atoms with Crippen molar-refractivity contribution in [3.63, 3.8) is 0 Å². The second kappa shape index (κ2) is 6.54. The van der Waals surface area contributed by atoms with Crippen LogP contribution in [0.3, 0.4) is 0 Å². The molecule has 3 rings (SSSR count). The van der Waals surface area contributed by atoms with Crippen molar-refractivity contribution >= 4 is 11.8 Å². The molecule has 0 aliphatic carbocycles. The Morgan fingerprint density at radius 1 is 1.24 bits per heavy atom. The second-order valence-corrected chi connectivity index (χ2v) is 8.09. The Bertz CT molecular complexity index is 758. The van der Waals surface area contributed by atoms with Gasteiger partial charge in [0.25, 0.3) is 0 Å². The summed E-state index contributed by atoms with van der Waals surface area (Å²) in [6, 6.07) is 9.92. The number of benzene rings is 1. The largest absolute Gasteiger partial charge is 0.324 e. The number of para-hydroxylation sites is 1. The number of amides is 2. The normalized spacial score (nSPS) is 17.8. The van der Waals surface area contributed by atoms with Crippen LogP contribution < -0.4 is 5.32 Å². The number of anilines is 1. The zero-order valence-corrected chi connectivity index (χ0v) is 15.8. The van der Waals surface area contributed by atoms with Crippen LogP contribution in [0, 0.1) is 12.8 Å². The predicted molar refractivity (Wildman–Crippen MR) is 101 cm³/mol. The third-order valence-corrected chi connectivity index (χ3v) is 4.77. The summed E-state index contributed by atoms with van der Waals surface area (Å²) in [6.45, 7) is 12.3. The van der Waals surface area contributed by atoms with E-state index in [4.69, 9.17) is 5.10 Å². The summed E-state index contributed by atoms with van der Waals surface area (Å²) in [5.74, 6) is 1.33. The number of carbonyl (C=O) groups is 1. The van der Waals surface area contributed by atoms with Crippen LogP contribution in [-0.4, -0.2) is 33.8 Å². The van der Waals surface area contributed by atoms with E-state index in [-0.39, 0.29) is 11.4 Å². The van der Waals surface area contributed by atoms with E-state index in [1.54, 1.807) is 0 Å². The highest BCUT2D eigenvalue weighted by atomic mass is 16.2. The van der Waals surface area contributed by atoms with Crippen LogP contribution in [0.5, 0.6) is 0 Å². The SMILES string of the molecule is Cc1c(C(C)(C)C)nn(-c2ccccc2)c1NC(=O)N1CCC(C)C1. The lowest BCUT2D eigenvalue weighted by atomic mass is 9.90. The molecule has 1 unspecified atom stereocenters. The average molecular weight is 340 g/mol. The maximum atomic E-state index is 12.7. The van der Waals surface area contributed by atoms with Crippen LogP contribution >= 0.6 is 0 Å². The first-order valence-electron chi connectivity index (χ1n) is 8.99. The maximum absolute atomic E-state index is 12.7. The van der Waals surface area contributed by atoms with Gasteiger partial charge in [-0.3, -0.25) is 5.32 Å². The fraction of sp³-hybridized carbons (Fsp3) is 0.500. The standard InChI is InChI=1S/C20H28N4O/c1-14-11-12-23(13-14)19(25)21-18-15(2)17(20(3,4)5)22-24(18)16-9-7-6-8-10-16/h6-10,14H,11-13H2,1-5H3,(H,21,25). The lowest BCUT2D eigenvalue weighted by Crippen LogP contribution is -2.33. The van der Waals surface area contributed by atoms with E-state index < -0.39 is 0 Å². The van der Waals surface area contributed by atoms with Gasteiger partial charge in [0, 0.05) is 24.1 Å². The van der Waals surface area contributed by atoms with E-state index in [0.717, 1.165) is 42.3 Å². The minimum Gasteiger partial charge on any atom is -0.324 e. The fourth-order valence-corrected chi connectivity index (χ4v) is 3.41. The molecule has 5 nitrogen and oxygen atoms in total. The zero-order valence-electron chi connectivity index (χ0n) is 15.8. The van der Waals surface area contributed by atoms with Gasteiger partial charge in [0.15, 0.2) is 0 Å². The Balaban J connectivity index is 1.99. The molecule has 0 radical (unpaired) electrons. The van der Waals surface area contributed by atoms with Crippen LogP contribution in [0.15, 0.2) is 30.3 Å². The van der Waals surface area contributed by atoms with E-state index in [9.17, 15) is 4.79 Å². The van der Waals surface area contributed by atoms with Crippen molar-refractivity contribution in [2.75, 3.05) is 18.4 Å². The van der Waals surface area contributed by atoms with Crippen LogP contribution in [0.1, 0.15) is 45.4 Å². The van der Waals surface area contributed by atoms with Crippen LogP contribution in [0.25, 0.3) is 5.69 Å². The minimum atomic E-state index is -0.0915. The monoisotopic (exact) mass is 340 g/mol. The van der Waals surface area contributed by atoms with Crippen LogP contribution in [0.4, 0.5) is 10.6 Å². The molecule has 1 aromatic heterocycles. The number of nitrogens with zero attached hydrogens (tertiary/aromatic N) is 3. The highest BCUT2D eigenvalue weighted by Gasteiger charge is 2.28. The van der Waals surface area contributed by atoms with Crippen LogP contribution in [-0.2, 0) is 5.41 Å². The molecule has 134 valence electrons. The van der Waals surface area contributed by atoms with Gasteiger partial charge in [-0.15, -0.1) is 0 Å². The van der Waals surface area contributed by atoms with E-state index >= 15 is 0 Å². The Kier molecular flexibility index (Phi) is 4.58. The molecule has 25 heavy (non-hydrogen) atoms. The second-order valence-electron chi connectivity index (χ2n) is 8.09. The fourth-order valence-electron chi connectivity index (χ4n) is 3.41. The van der Waals surface area contributed by atoms with Crippen molar-refractivity contribution in [3.8, 4) is 5.69 Å². The summed E-state index contributed by atoms with van der Waals surface area (Å²) in [7, 11) is 0. The smallest absolute Gasteiger partial charge is 0.323 e. The third kappa shape index (κ3) is 3.55. The van der Waals surface area contributed by atoms with E-state index in [0.29, 0.717) is 5.92 Å². The molecule has 5 heteroatoms. The zero-order chi connectivity index (χ0) is 18.2. The van der Waals surface area contributed by atoms with Gasteiger partial charge >= 0.3 is 6.03 Å². The average Bonchev–Trinajstić information content (AvgIpc) is 3.13. The molecule has 1 aliphatic heterocycles. The Hall–Kier alpha value is -2.30. The molecular formula is C20H28N4O. The summed E-state index contributed by atoms with van der Waals surface area (Å²) < 4.78 is 1.85. The molecule has 1 fully saturated rings. The molecule has 2 amide bonds. The van der Waals surface area contributed by atoms with Gasteiger partial charge < -0.3 is 4.90 Å². The first-order valence-corrected chi connectivity index (χ1v) is 8.99. The first kappa shape index (κ1) is 17.5. The molecule has 1 aromatic carbocycles. The molecule has 0 bridgehead atoms. The molecular weight excluding hydrogens is 312 g/mol. The highest BCUT2D eigenvalue weighted by molar-refractivity contribution is 5.90. The van der Waals surface area contributed by atoms with E-state index in [1.807, 2.05) is 46.8 Å². The van der Waals surface area contributed by atoms with Crippen molar-refractivity contribution in [1.29, 1.82) is 0 Å². The number of hydrogen-bond acceptors (Lipinski definition) is 2. The molecule has 0 saturated carbocycles. The predicted octanol–water partition coefficient (Wildman–Crippen LogP) is 4.35. The summed E-state index contributed by atoms with van der Waals surface area (Å²) in [5.41, 5.74) is 2.88. The third-order valence-electron chi connectivity index (χ3n) is 4.77. The van der Waals surface area contributed by atoms with Crippen molar-refractivity contribution in [3.05, 3.63) is 41.6 Å². The van der Waals surface area contributed by atoms with E-state index in [1.165, 1.54) is 0 Å². The van der Waals surface area contributed by atoms with Gasteiger partial charge in [-0.1, -0.05) is 45.9 Å². The van der Waals surface area contributed by atoms with Crippen molar-refractivity contribution in [1.82, 2.24) is 14.7 Å². The Morgan fingerprint density at radius 3 is 2.48 bits per heavy atom. The number of rotatable bonds is 2. The lowest BCUT2D eigenvalue weighted by molar-refractivity contribution is 0.221. The summed E-state index contributed by atoms with van der Waals surface area (Å²) in [5, 5.41) is 7.95. The number of urea groups is 1. The highest BCUT2D eigenvalue weighted by Crippen LogP contribution is 2.31. The quantitative estimate of drug-likeness (QED) is 0.883. The molecule has 0 spiro atoms. The van der Waals surface area contributed by atoms with Gasteiger partial charge in [-0.05, 0) is 31.4 Å². The van der Waals surface area contributed by atoms with Crippen molar-refractivity contribution < 1.29 is 4.79 Å². The van der Waals surface area contributed by atoms with E-state index in [2.05, 4.69) is 33.0 Å². The molecule has 1 N–H and O–H groups in total. The lowest BCUT2D eigenvalue weighted by Gasteiger charge is -2.18. The van der Waals surface area contributed by atoms with Crippen molar-refractivity contribution in [2.24, 2.45) is 5.92 Å². The number of carbonyl (C=O) groups excluding carboxylic acids is 1. The van der Waals surface area contributed by atoms with Gasteiger partial charge in [0.2, 0.25) is 0 Å². The maximum Gasteiger partial charge on any atom is 0.323 e. The van der Waals surface area contributed by atoms with Gasteiger partial charge in [-0.2, -0.15) is 5.10 Å². The summed E-state index contributed by atoms with van der Waals surface area (Å²) >= 11 is 0.